The lowest BCUT2D eigenvalue weighted by Crippen LogP contribution is -2.16. The molecule has 0 spiro atoms. The minimum atomic E-state index is -0.732. The predicted octanol–water partition coefficient (Wildman–Crippen LogP) is 5.54. The van der Waals surface area contributed by atoms with Crippen molar-refractivity contribution in [3.8, 4) is 0 Å². The van der Waals surface area contributed by atoms with E-state index in [1.807, 2.05) is 0 Å². The zero-order chi connectivity index (χ0) is 14.4. The van der Waals surface area contributed by atoms with Gasteiger partial charge in [-0.1, -0.05) is 58.3 Å². The summed E-state index contributed by atoms with van der Waals surface area (Å²) < 4.78 is 27.5. The van der Waals surface area contributed by atoms with Crippen molar-refractivity contribution in [2.45, 2.75) is 71.3 Å². The molecule has 0 amide bonds. The van der Waals surface area contributed by atoms with E-state index in [0.717, 1.165) is 24.8 Å². The van der Waals surface area contributed by atoms with Gasteiger partial charge in [0.05, 0.1) is 0 Å². The summed E-state index contributed by atoms with van der Waals surface area (Å²) in [4.78, 5) is 0. The zero-order valence-electron chi connectivity index (χ0n) is 12.6. The second kappa shape index (κ2) is 7.80. The Balaban J connectivity index is 1.64. The summed E-state index contributed by atoms with van der Waals surface area (Å²) in [5.41, 5.74) is 0. The van der Waals surface area contributed by atoms with Gasteiger partial charge in [-0.2, -0.15) is 0 Å². The van der Waals surface area contributed by atoms with E-state index in [9.17, 15) is 8.78 Å². The minimum Gasteiger partial charge on any atom is -0.348 e. The second-order valence-electron chi connectivity index (χ2n) is 6.36. The molecule has 1 saturated carbocycles. The topological polar surface area (TPSA) is 4.93 Å². The number of unbranched alkanes of at least 4 members (excludes halogenated alkanes) is 2. The van der Waals surface area contributed by atoms with Crippen molar-refractivity contribution in [1.82, 2.24) is 4.57 Å². The lowest BCUT2D eigenvalue weighted by Gasteiger charge is -2.28. The monoisotopic (exact) mass is 283 g/mol. The minimum absolute atomic E-state index is 0.732. The maximum atomic E-state index is 12.9. The van der Waals surface area contributed by atoms with Gasteiger partial charge in [-0.05, 0) is 18.3 Å². The molecule has 2 rings (SSSR count). The van der Waals surface area contributed by atoms with Gasteiger partial charge in [0.25, 0.3) is 0 Å². The van der Waals surface area contributed by atoms with Crippen LogP contribution in [-0.2, 0) is 6.54 Å². The molecule has 0 bridgehead atoms. The summed E-state index contributed by atoms with van der Waals surface area (Å²) in [6.45, 7) is 3.00. The summed E-state index contributed by atoms with van der Waals surface area (Å²) >= 11 is 0. The van der Waals surface area contributed by atoms with E-state index in [4.69, 9.17) is 0 Å². The fourth-order valence-electron chi connectivity index (χ4n) is 3.40. The fraction of sp³-hybridized carbons (Fsp3) is 0.765. The number of hydrogen-bond donors (Lipinski definition) is 0. The molecule has 1 nitrogen and oxygen atoms in total. The highest BCUT2D eigenvalue weighted by Gasteiger charge is 2.20. The quantitative estimate of drug-likeness (QED) is 0.579. The zero-order valence-corrected chi connectivity index (χ0v) is 12.6. The van der Waals surface area contributed by atoms with Crippen LogP contribution in [0.2, 0.25) is 0 Å². The molecule has 114 valence electrons. The van der Waals surface area contributed by atoms with Crippen molar-refractivity contribution in [2.24, 2.45) is 11.8 Å². The fourth-order valence-corrected chi connectivity index (χ4v) is 3.40. The first-order chi connectivity index (χ1) is 9.69. The van der Waals surface area contributed by atoms with E-state index < -0.39 is 11.6 Å². The normalized spacial score (nSPS) is 23.1. The van der Waals surface area contributed by atoms with Gasteiger partial charge in [0, 0.05) is 18.9 Å². The van der Waals surface area contributed by atoms with Crippen molar-refractivity contribution in [3.63, 3.8) is 0 Å². The largest absolute Gasteiger partial charge is 0.348 e. The third kappa shape index (κ3) is 4.60. The molecule has 0 unspecified atom stereocenters. The maximum absolute atomic E-state index is 12.9. The van der Waals surface area contributed by atoms with E-state index >= 15 is 0 Å². The lowest BCUT2D eigenvalue weighted by atomic mass is 9.78. The smallest absolute Gasteiger partial charge is 0.176 e. The van der Waals surface area contributed by atoms with Crippen molar-refractivity contribution >= 4 is 0 Å². The molecule has 0 N–H and O–H groups in total. The Labute approximate surface area is 121 Å². The maximum Gasteiger partial charge on any atom is 0.176 e. The Bertz CT molecular complexity index is 372. The third-order valence-corrected chi connectivity index (χ3v) is 4.76. The molecule has 20 heavy (non-hydrogen) atoms. The molecule has 1 aromatic rings. The van der Waals surface area contributed by atoms with E-state index in [1.165, 1.54) is 63.8 Å². The average Bonchev–Trinajstić information content (AvgIpc) is 2.77. The van der Waals surface area contributed by atoms with E-state index in [0.29, 0.717) is 0 Å². The molecule has 0 radical (unpaired) electrons. The first-order valence-corrected chi connectivity index (χ1v) is 8.19. The molecule has 1 heterocycles. The molecule has 3 heteroatoms. The lowest BCUT2D eigenvalue weighted by molar-refractivity contribution is 0.242. The Morgan fingerprint density at radius 3 is 2.05 bits per heavy atom. The van der Waals surface area contributed by atoms with E-state index in [1.54, 1.807) is 4.57 Å². The SMILES string of the molecule is CCCCCC1CCC(CCn2cc(F)c(F)c2)CC1. The van der Waals surface area contributed by atoms with Gasteiger partial charge in [0.2, 0.25) is 0 Å². The Morgan fingerprint density at radius 2 is 1.50 bits per heavy atom. The molecule has 0 aliphatic heterocycles. The molecule has 1 aliphatic rings. The van der Waals surface area contributed by atoms with Gasteiger partial charge in [0.1, 0.15) is 0 Å². The molecule has 1 aliphatic carbocycles. The van der Waals surface area contributed by atoms with Gasteiger partial charge >= 0.3 is 0 Å². The summed E-state index contributed by atoms with van der Waals surface area (Å²) in [6.07, 6.45) is 14.3. The molecule has 0 atom stereocenters. The van der Waals surface area contributed by atoms with E-state index in [2.05, 4.69) is 6.92 Å². The van der Waals surface area contributed by atoms with Crippen LogP contribution in [-0.4, -0.2) is 4.57 Å². The van der Waals surface area contributed by atoms with Crippen molar-refractivity contribution < 1.29 is 8.78 Å². The van der Waals surface area contributed by atoms with Gasteiger partial charge in [-0.25, -0.2) is 8.78 Å². The van der Waals surface area contributed by atoms with Crippen molar-refractivity contribution in [1.29, 1.82) is 0 Å². The van der Waals surface area contributed by atoms with Crippen LogP contribution in [0.1, 0.15) is 64.7 Å². The van der Waals surface area contributed by atoms with Crippen LogP contribution < -0.4 is 0 Å². The highest BCUT2D eigenvalue weighted by molar-refractivity contribution is 4.98. The molecule has 1 fully saturated rings. The highest BCUT2D eigenvalue weighted by atomic mass is 19.2. The highest BCUT2D eigenvalue weighted by Crippen LogP contribution is 2.33. The second-order valence-corrected chi connectivity index (χ2v) is 6.36. The van der Waals surface area contributed by atoms with Crippen LogP contribution in [0.3, 0.4) is 0 Å². The van der Waals surface area contributed by atoms with Gasteiger partial charge in [-0.15, -0.1) is 0 Å². The van der Waals surface area contributed by atoms with Crippen molar-refractivity contribution in [3.05, 3.63) is 24.0 Å². The average molecular weight is 283 g/mol. The first-order valence-electron chi connectivity index (χ1n) is 8.19. The first kappa shape index (κ1) is 15.5. The number of aromatic nitrogens is 1. The van der Waals surface area contributed by atoms with Gasteiger partial charge in [-0.3, -0.25) is 0 Å². The van der Waals surface area contributed by atoms with Gasteiger partial charge < -0.3 is 4.57 Å². The van der Waals surface area contributed by atoms with Crippen LogP contribution in [0.25, 0.3) is 0 Å². The van der Waals surface area contributed by atoms with Crippen LogP contribution in [0, 0.1) is 23.5 Å². The number of rotatable bonds is 7. The van der Waals surface area contributed by atoms with Crippen LogP contribution in [0.15, 0.2) is 12.4 Å². The number of nitrogens with zero attached hydrogens (tertiary/aromatic N) is 1. The van der Waals surface area contributed by atoms with Crippen LogP contribution in [0.5, 0.6) is 0 Å². The number of halogens is 2. The standard InChI is InChI=1S/C17H27F2N/c1-2-3-4-5-14-6-8-15(9-7-14)10-11-20-12-16(18)17(19)13-20/h12-15H,2-11H2,1H3. The Morgan fingerprint density at radius 1 is 0.950 bits per heavy atom. The van der Waals surface area contributed by atoms with Gasteiger partial charge in [0.15, 0.2) is 11.6 Å². The van der Waals surface area contributed by atoms with Crippen LogP contribution >= 0.6 is 0 Å². The number of aryl methyl sites for hydroxylation is 1. The molecule has 0 aromatic carbocycles. The predicted molar refractivity (Wildman–Crippen MR) is 78.6 cm³/mol. The Hall–Kier alpha value is -0.860. The number of hydrogen-bond acceptors (Lipinski definition) is 0. The molecule has 0 saturated heterocycles. The Kier molecular flexibility index (Phi) is 6.06. The summed E-state index contributed by atoms with van der Waals surface area (Å²) in [7, 11) is 0. The third-order valence-electron chi connectivity index (χ3n) is 4.76. The summed E-state index contributed by atoms with van der Waals surface area (Å²) in [5.74, 6) is 0.208. The summed E-state index contributed by atoms with van der Waals surface area (Å²) in [5, 5.41) is 0. The van der Waals surface area contributed by atoms with Crippen LogP contribution in [0.4, 0.5) is 8.78 Å². The molecular formula is C17H27F2N. The molecular weight excluding hydrogens is 256 g/mol. The van der Waals surface area contributed by atoms with Crippen molar-refractivity contribution in [2.75, 3.05) is 0 Å². The summed E-state index contributed by atoms with van der Waals surface area (Å²) in [6, 6.07) is 0. The van der Waals surface area contributed by atoms with E-state index in [-0.39, 0.29) is 0 Å². The molecule has 1 aromatic heterocycles.